The van der Waals surface area contributed by atoms with Gasteiger partial charge in [-0.3, -0.25) is 0 Å². The van der Waals surface area contributed by atoms with E-state index in [0.717, 1.165) is 17.9 Å². The van der Waals surface area contributed by atoms with E-state index in [2.05, 4.69) is 30.3 Å². The SMILES string of the molecule is COc1ccc(C2CC=CN2C)cc1OC. The largest absolute Gasteiger partial charge is 0.493 e. The zero-order valence-corrected chi connectivity index (χ0v) is 9.93. The molecular weight excluding hydrogens is 202 g/mol. The van der Waals surface area contributed by atoms with Gasteiger partial charge in [-0.1, -0.05) is 12.1 Å². The fraction of sp³-hybridized carbons (Fsp3) is 0.385. The molecule has 2 rings (SSSR count). The zero-order valence-electron chi connectivity index (χ0n) is 9.93. The maximum Gasteiger partial charge on any atom is 0.161 e. The normalized spacial score (nSPS) is 18.9. The molecule has 1 unspecified atom stereocenters. The molecule has 1 atom stereocenters. The summed E-state index contributed by atoms with van der Waals surface area (Å²) in [5.41, 5.74) is 1.25. The van der Waals surface area contributed by atoms with E-state index in [4.69, 9.17) is 9.47 Å². The van der Waals surface area contributed by atoms with E-state index >= 15 is 0 Å². The molecule has 0 N–H and O–H groups in total. The highest BCUT2D eigenvalue weighted by molar-refractivity contribution is 5.44. The summed E-state index contributed by atoms with van der Waals surface area (Å²) in [5.74, 6) is 1.57. The van der Waals surface area contributed by atoms with E-state index in [1.54, 1.807) is 14.2 Å². The van der Waals surface area contributed by atoms with Gasteiger partial charge in [-0.05, 0) is 30.3 Å². The van der Waals surface area contributed by atoms with Gasteiger partial charge >= 0.3 is 0 Å². The van der Waals surface area contributed by atoms with E-state index < -0.39 is 0 Å². The van der Waals surface area contributed by atoms with Crippen LogP contribution in [-0.4, -0.2) is 26.2 Å². The Bertz CT molecular complexity index is 401. The molecule has 0 saturated carbocycles. The fourth-order valence-corrected chi connectivity index (χ4v) is 2.06. The third kappa shape index (κ3) is 1.85. The van der Waals surface area contributed by atoms with Gasteiger partial charge in [-0.15, -0.1) is 0 Å². The van der Waals surface area contributed by atoms with Gasteiger partial charge in [0.25, 0.3) is 0 Å². The maximum absolute atomic E-state index is 5.31. The maximum atomic E-state index is 5.31. The van der Waals surface area contributed by atoms with Crippen LogP contribution >= 0.6 is 0 Å². The molecule has 0 radical (unpaired) electrons. The minimum absolute atomic E-state index is 0.416. The molecule has 16 heavy (non-hydrogen) atoms. The Labute approximate surface area is 96.3 Å². The molecule has 0 aromatic heterocycles. The third-order valence-electron chi connectivity index (χ3n) is 2.98. The van der Waals surface area contributed by atoms with Crippen LogP contribution in [0.2, 0.25) is 0 Å². The molecular formula is C13H17NO2. The Morgan fingerprint density at radius 1 is 1.19 bits per heavy atom. The highest BCUT2D eigenvalue weighted by Crippen LogP contribution is 2.34. The first-order valence-electron chi connectivity index (χ1n) is 5.36. The minimum Gasteiger partial charge on any atom is -0.493 e. The third-order valence-corrected chi connectivity index (χ3v) is 2.98. The Morgan fingerprint density at radius 3 is 2.50 bits per heavy atom. The summed E-state index contributed by atoms with van der Waals surface area (Å²) in [5, 5.41) is 0. The van der Waals surface area contributed by atoms with E-state index in [-0.39, 0.29) is 0 Å². The molecule has 86 valence electrons. The van der Waals surface area contributed by atoms with Crippen LogP contribution in [0.5, 0.6) is 11.5 Å². The number of methoxy groups -OCH3 is 2. The van der Waals surface area contributed by atoms with E-state index in [1.807, 2.05) is 12.1 Å². The van der Waals surface area contributed by atoms with Crippen molar-refractivity contribution in [3.05, 3.63) is 36.0 Å². The lowest BCUT2D eigenvalue weighted by molar-refractivity contribution is 0.346. The number of nitrogens with zero attached hydrogens (tertiary/aromatic N) is 1. The molecule has 1 heterocycles. The zero-order chi connectivity index (χ0) is 11.5. The quantitative estimate of drug-likeness (QED) is 0.780. The van der Waals surface area contributed by atoms with Gasteiger partial charge in [0.2, 0.25) is 0 Å². The Balaban J connectivity index is 2.29. The number of hydrogen-bond donors (Lipinski definition) is 0. The molecule has 0 spiro atoms. The molecule has 1 aliphatic rings. The standard InChI is InChI=1S/C13H17NO2/c1-14-8-4-5-11(14)10-6-7-12(15-2)13(9-10)16-3/h4,6-9,11H,5H2,1-3H3. The monoisotopic (exact) mass is 219 g/mol. The molecule has 1 aliphatic heterocycles. The Hall–Kier alpha value is -1.64. The van der Waals surface area contributed by atoms with Crippen LogP contribution < -0.4 is 9.47 Å². The van der Waals surface area contributed by atoms with Crippen LogP contribution in [0.15, 0.2) is 30.5 Å². The van der Waals surface area contributed by atoms with E-state index in [0.29, 0.717) is 6.04 Å². The van der Waals surface area contributed by atoms with Crippen molar-refractivity contribution in [2.45, 2.75) is 12.5 Å². The van der Waals surface area contributed by atoms with Crippen LogP contribution in [0.25, 0.3) is 0 Å². The molecule has 0 saturated heterocycles. The number of ether oxygens (including phenoxy) is 2. The predicted molar refractivity (Wildman–Crippen MR) is 63.8 cm³/mol. The molecule has 3 nitrogen and oxygen atoms in total. The van der Waals surface area contributed by atoms with Crippen molar-refractivity contribution < 1.29 is 9.47 Å². The average molecular weight is 219 g/mol. The molecule has 0 fully saturated rings. The topological polar surface area (TPSA) is 21.7 Å². The summed E-state index contributed by atoms with van der Waals surface area (Å²) in [6, 6.07) is 6.52. The second-order valence-electron chi connectivity index (χ2n) is 3.92. The first-order valence-corrected chi connectivity index (χ1v) is 5.36. The summed E-state index contributed by atoms with van der Waals surface area (Å²) < 4.78 is 10.5. The smallest absolute Gasteiger partial charge is 0.161 e. The van der Waals surface area contributed by atoms with Crippen LogP contribution in [0.3, 0.4) is 0 Å². The molecule has 0 amide bonds. The highest BCUT2D eigenvalue weighted by atomic mass is 16.5. The van der Waals surface area contributed by atoms with Crippen molar-refractivity contribution in [1.82, 2.24) is 4.90 Å². The summed E-state index contributed by atoms with van der Waals surface area (Å²) in [7, 11) is 5.41. The van der Waals surface area contributed by atoms with Crippen molar-refractivity contribution in [2.75, 3.05) is 21.3 Å². The molecule has 0 aliphatic carbocycles. The van der Waals surface area contributed by atoms with E-state index in [1.165, 1.54) is 5.56 Å². The van der Waals surface area contributed by atoms with Gasteiger partial charge in [0.1, 0.15) is 0 Å². The van der Waals surface area contributed by atoms with Crippen LogP contribution in [-0.2, 0) is 0 Å². The van der Waals surface area contributed by atoms with Crippen LogP contribution in [0.4, 0.5) is 0 Å². The lowest BCUT2D eigenvalue weighted by Crippen LogP contribution is -2.14. The Kier molecular flexibility index (Phi) is 3.04. The number of rotatable bonds is 3. The first-order chi connectivity index (χ1) is 7.76. The van der Waals surface area contributed by atoms with Gasteiger partial charge in [0.05, 0.1) is 20.3 Å². The summed E-state index contributed by atoms with van der Waals surface area (Å²) >= 11 is 0. The molecule has 1 aromatic carbocycles. The number of benzene rings is 1. The van der Waals surface area contributed by atoms with Gasteiger partial charge in [-0.2, -0.15) is 0 Å². The first kappa shape index (κ1) is 10.9. The molecule has 3 heteroatoms. The van der Waals surface area contributed by atoms with Crippen molar-refractivity contribution >= 4 is 0 Å². The molecule has 0 bridgehead atoms. The van der Waals surface area contributed by atoms with Gasteiger partial charge in [0, 0.05) is 7.05 Å². The van der Waals surface area contributed by atoms with Gasteiger partial charge in [0.15, 0.2) is 11.5 Å². The predicted octanol–water partition coefficient (Wildman–Crippen LogP) is 2.59. The Morgan fingerprint density at radius 2 is 1.94 bits per heavy atom. The van der Waals surface area contributed by atoms with Crippen molar-refractivity contribution in [2.24, 2.45) is 0 Å². The fourth-order valence-electron chi connectivity index (χ4n) is 2.06. The van der Waals surface area contributed by atoms with Crippen molar-refractivity contribution in [1.29, 1.82) is 0 Å². The number of hydrogen-bond acceptors (Lipinski definition) is 3. The second kappa shape index (κ2) is 4.47. The van der Waals surface area contributed by atoms with E-state index in [9.17, 15) is 0 Å². The van der Waals surface area contributed by atoms with Gasteiger partial charge < -0.3 is 14.4 Å². The van der Waals surface area contributed by atoms with Gasteiger partial charge in [-0.25, -0.2) is 0 Å². The summed E-state index contributed by atoms with van der Waals surface area (Å²) in [4.78, 5) is 2.21. The van der Waals surface area contributed by atoms with Crippen LogP contribution in [0.1, 0.15) is 18.0 Å². The van der Waals surface area contributed by atoms with Crippen molar-refractivity contribution in [3.63, 3.8) is 0 Å². The van der Waals surface area contributed by atoms with Crippen molar-refractivity contribution in [3.8, 4) is 11.5 Å². The average Bonchev–Trinajstić information content (AvgIpc) is 2.74. The lowest BCUT2D eigenvalue weighted by atomic mass is 10.0. The summed E-state index contributed by atoms with van der Waals surface area (Å²) in [6.45, 7) is 0. The molecule has 1 aromatic rings. The lowest BCUT2D eigenvalue weighted by Gasteiger charge is -2.22. The second-order valence-corrected chi connectivity index (χ2v) is 3.92. The minimum atomic E-state index is 0.416. The van der Waals surface area contributed by atoms with Crippen LogP contribution in [0, 0.1) is 0 Å². The summed E-state index contributed by atoms with van der Waals surface area (Å²) in [6.07, 6.45) is 5.34. The highest BCUT2D eigenvalue weighted by Gasteiger charge is 2.19.